The number of aliphatic imine (C=N–C) groups is 1. The van der Waals surface area contributed by atoms with Crippen LogP contribution in [0.2, 0.25) is 0 Å². The summed E-state index contributed by atoms with van der Waals surface area (Å²) in [4.78, 5) is 16.3. The summed E-state index contributed by atoms with van der Waals surface area (Å²) in [7, 11) is 0. The largest absolute Gasteiger partial charge is 0.465 e. The molecule has 0 radical (unpaired) electrons. The molecule has 0 unspecified atom stereocenters. The van der Waals surface area contributed by atoms with Gasteiger partial charge in [-0.15, -0.1) is 0 Å². The van der Waals surface area contributed by atoms with Gasteiger partial charge in [-0.1, -0.05) is 19.3 Å². The van der Waals surface area contributed by atoms with Gasteiger partial charge in [0, 0.05) is 0 Å². The average Bonchev–Trinajstić information content (AvgIpc) is 2.91. The molecule has 5 nitrogen and oxygen atoms in total. The van der Waals surface area contributed by atoms with Crippen molar-refractivity contribution in [3.63, 3.8) is 0 Å². The Morgan fingerprint density at radius 3 is 2.10 bits per heavy atom. The topological polar surface area (TPSA) is 57.1 Å². The molecule has 0 aromatic carbocycles. The predicted molar refractivity (Wildman–Crippen MR) is 89.8 cm³/mol. The fourth-order valence-electron chi connectivity index (χ4n) is 3.16. The van der Waals surface area contributed by atoms with E-state index in [9.17, 15) is 31.1 Å². The Balaban J connectivity index is 2.75. The Morgan fingerprint density at radius 1 is 1.03 bits per heavy atom. The van der Waals surface area contributed by atoms with Crippen molar-refractivity contribution in [1.29, 1.82) is 0 Å². The van der Waals surface area contributed by atoms with Gasteiger partial charge in [0.1, 0.15) is 5.57 Å². The summed E-state index contributed by atoms with van der Waals surface area (Å²) < 4.78 is 95.5. The monoisotopic (exact) mass is 429 g/mol. The van der Waals surface area contributed by atoms with Gasteiger partial charge in [0.2, 0.25) is 5.90 Å². The van der Waals surface area contributed by atoms with E-state index in [1.807, 2.05) is 0 Å². The van der Waals surface area contributed by atoms with Gasteiger partial charge in [0.25, 0.3) is 0 Å². The Hall–Kier alpha value is -2.20. The Morgan fingerprint density at radius 2 is 1.62 bits per heavy atom. The second-order valence-electron chi connectivity index (χ2n) is 6.39. The third kappa shape index (κ3) is 5.45. The lowest BCUT2D eigenvalue weighted by Gasteiger charge is -2.20. The smallest absolute Gasteiger partial charge is 0.422 e. The van der Waals surface area contributed by atoms with Crippen LogP contribution in [0.3, 0.4) is 0 Å². The number of rotatable bonds is 5. The van der Waals surface area contributed by atoms with Crippen LogP contribution >= 0.6 is 0 Å². The molecule has 0 saturated heterocycles. The van der Waals surface area contributed by atoms with Crippen LogP contribution in [0.25, 0.3) is 0 Å². The molecule has 1 fully saturated rings. The normalized spacial score (nSPS) is 20.1. The molecule has 164 valence electrons. The van der Waals surface area contributed by atoms with Crippen molar-refractivity contribution in [2.45, 2.75) is 64.3 Å². The van der Waals surface area contributed by atoms with Crippen LogP contribution in [0.15, 0.2) is 27.7 Å². The van der Waals surface area contributed by atoms with Crippen molar-refractivity contribution < 1.29 is 45.3 Å². The lowest BCUT2D eigenvalue weighted by Crippen LogP contribution is -2.31. The van der Waals surface area contributed by atoms with Crippen molar-refractivity contribution in [1.82, 2.24) is 0 Å². The molecule has 2 aliphatic rings. The average molecular weight is 429 g/mol. The minimum atomic E-state index is -5.82. The Labute approximate surface area is 163 Å². The number of hydrogen-bond donors (Lipinski definition) is 0. The van der Waals surface area contributed by atoms with E-state index in [1.54, 1.807) is 0 Å². The second-order valence-corrected chi connectivity index (χ2v) is 6.39. The predicted octanol–water partition coefficient (Wildman–Crippen LogP) is 4.98. The van der Waals surface area contributed by atoms with Crippen molar-refractivity contribution >= 4 is 11.9 Å². The number of carbonyl (C=O) groups is 1. The molecule has 0 bridgehead atoms. The number of ether oxygens (including phenoxy) is 3. The standard InChI is InChI=1S/C18H21F6NO4/c1-3-27-15(26)12-11(13(17(19,20)21)18(22,23)24)14(29-16(12)28-4-2)25-10-8-6-5-7-9-10/h10H,3-9H2,1-2H3. The van der Waals surface area contributed by atoms with Crippen LogP contribution < -0.4 is 0 Å². The number of nitrogens with zero attached hydrogens (tertiary/aromatic N) is 1. The van der Waals surface area contributed by atoms with Crippen molar-refractivity contribution in [2.24, 2.45) is 4.99 Å². The van der Waals surface area contributed by atoms with Crippen molar-refractivity contribution in [2.75, 3.05) is 13.2 Å². The van der Waals surface area contributed by atoms with E-state index in [-0.39, 0.29) is 13.2 Å². The van der Waals surface area contributed by atoms with Gasteiger partial charge in [-0.3, -0.25) is 0 Å². The zero-order valence-corrected chi connectivity index (χ0v) is 15.9. The van der Waals surface area contributed by atoms with Crippen LogP contribution in [-0.2, 0) is 19.0 Å². The minimum absolute atomic E-state index is 0.157. The summed E-state index contributed by atoms with van der Waals surface area (Å²) in [6.07, 6.45) is -8.27. The second kappa shape index (κ2) is 9.08. The molecule has 0 N–H and O–H groups in total. The molecule has 1 aliphatic heterocycles. The van der Waals surface area contributed by atoms with Gasteiger partial charge in [-0.25, -0.2) is 9.79 Å². The van der Waals surface area contributed by atoms with Gasteiger partial charge < -0.3 is 14.2 Å². The summed E-state index contributed by atoms with van der Waals surface area (Å²) in [5.41, 5.74) is -5.43. The number of halogens is 6. The van der Waals surface area contributed by atoms with Gasteiger partial charge in [-0.05, 0) is 26.7 Å². The highest BCUT2D eigenvalue weighted by molar-refractivity contribution is 6.13. The van der Waals surface area contributed by atoms with Gasteiger partial charge in [0.05, 0.1) is 24.8 Å². The van der Waals surface area contributed by atoms with E-state index >= 15 is 0 Å². The zero-order chi connectivity index (χ0) is 21.8. The summed E-state index contributed by atoms with van der Waals surface area (Å²) in [6, 6.07) is -0.513. The van der Waals surface area contributed by atoms with Crippen molar-refractivity contribution in [3.05, 3.63) is 22.7 Å². The summed E-state index contributed by atoms with van der Waals surface area (Å²) >= 11 is 0. The minimum Gasteiger partial charge on any atom is -0.465 e. The molecular weight excluding hydrogens is 408 g/mol. The molecule has 0 aromatic heterocycles. The number of alkyl halides is 6. The molecular formula is C18H21F6NO4. The molecule has 0 atom stereocenters. The van der Waals surface area contributed by atoms with Crippen LogP contribution in [0.1, 0.15) is 46.0 Å². The number of carbonyl (C=O) groups excluding carboxylic acids is 1. The molecule has 11 heteroatoms. The first-order valence-electron chi connectivity index (χ1n) is 9.19. The first kappa shape index (κ1) is 23.1. The molecule has 2 rings (SSSR count). The highest BCUT2D eigenvalue weighted by Gasteiger charge is 2.57. The maximum atomic E-state index is 13.5. The number of esters is 1. The number of allylic oxidation sites excluding steroid dienone is 1. The van der Waals surface area contributed by atoms with Crippen LogP contribution in [0.5, 0.6) is 0 Å². The third-order valence-corrected chi connectivity index (χ3v) is 4.30. The first-order chi connectivity index (χ1) is 13.5. The molecule has 0 aromatic rings. The number of hydrogen-bond acceptors (Lipinski definition) is 5. The molecule has 1 heterocycles. The lowest BCUT2D eigenvalue weighted by atomic mass is 9.95. The van der Waals surface area contributed by atoms with E-state index in [1.165, 1.54) is 13.8 Å². The van der Waals surface area contributed by atoms with E-state index < -0.39 is 52.9 Å². The Kier molecular flexibility index (Phi) is 7.23. The van der Waals surface area contributed by atoms with Gasteiger partial charge in [0.15, 0.2) is 5.57 Å². The fourth-order valence-corrected chi connectivity index (χ4v) is 3.16. The van der Waals surface area contributed by atoms with Gasteiger partial charge >= 0.3 is 24.3 Å². The van der Waals surface area contributed by atoms with Crippen molar-refractivity contribution in [3.8, 4) is 0 Å². The fraction of sp³-hybridized carbons (Fsp3) is 0.667. The molecule has 1 saturated carbocycles. The highest BCUT2D eigenvalue weighted by Crippen LogP contribution is 2.46. The molecule has 29 heavy (non-hydrogen) atoms. The van der Waals surface area contributed by atoms with Crippen LogP contribution in [0.4, 0.5) is 26.3 Å². The maximum absolute atomic E-state index is 13.5. The Bertz CT molecular complexity index is 699. The zero-order valence-electron chi connectivity index (χ0n) is 15.9. The summed E-state index contributed by atoms with van der Waals surface area (Å²) in [5.74, 6) is -3.11. The SMILES string of the molecule is CCOC(=O)C1=C(OCC)OC(=NC2CCCCC2)C1=C(C(F)(F)F)C(F)(F)F. The lowest BCUT2D eigenvalue weighted by molar-refractivity contribution is -0.172. The van der Waals surface area contributed by atoms with E-state index in [2.05, 4.69) is 9.73 Å². The summed E-state index contributed by atoms with van der Waals surface area (Å²) in [5, 5.41) is 0. The van der Waals surface area contributed by atoms with E-state index in [0.717, 1.165) is 19.3 Å². The van der Waals surface area contributed by atoms with Gasteiger partial charge in [-0.2, -0.15) is 26.3 Å². The van der Waals surface area contributed by atoms with Crippen LogP contribution in [0, 0.1) is 0 Å². The quantitative estimate of drug-likeness (QED) is 0.457. The summed E-state index contributed by atoms with van der Waals surface area (Å²) in [6.45, 7) is 2.38. The molecule has 0 spiro atoms. The van der Waals surface area contributed by atoms with E-state index in [4.69, 9.17) is 9.47 Å². The van der Waals surface area contributed by atoms with E-state index in [0.29, 0.717) is 12.8 Å². The van der Waals surface area contributed by atoms with Crippen LogP contribution in [-0.4, -0.2) is 43.5 Å². The molecule has 0 amide bonds. The molecule has 1 aliphatic carbocycles. The first-order valence-corrected chi connectivity index (χ1v) is 9.19. The maximum Gasteiger partial charge on any atom is 0.422 e. The third-order valence-electron chi connectivity index (χ3n) is 4.30. The highest BCUT2D eigenvalue weighted by atomic mass is 19.4.